The molecule has 0 atom stereocenters. The molecule has 11 heteroatoms. The van der Waals surface area contributed by atoms with Crippen LogP contribution in [0.25, 0.3) is 0 Å². The van der Waals surface area contributed by atoms with Crippen molar-refractivity contribution >= 4 is 58.0 Å². The first-order valence-corrected chi connectivity index (χ1v) is 12.8. The third-order valence-electron chi connectivity index (χ3n) is 6.18. The molecule has 1 aromatic heterocycles. The van der Waals surface area contributed by atoms with Gasteiger partial charge in [-0.3, -0.25) is 15.0 Å². The fourth-order valence-corrected chi connectivity index (χ4v) is 4.54. The minimum Gasteiger partial charge on any atom is -0.376 e. The Hall–Kier alpha value is -3.69. The summed E-state index contributed by atoms with van der Waals surface area (Å²) < 4.78 is 15.1. The van der Waals surface area contributed by atoms with Gasteiger partial charge in [-0.05, 0) is 55.7 Å². The lowest BCUT2D eigenvalue weighted by Crippen LogP contribution is -2.35. The van der Waals surface area contributed by atoms with E-state index in [0.717, 1.165) is 32.4 Å². The molecule has 8 nitrogen and oxygen atoms in total. The number of carbonyl (C=O) groups is 2. The van der Waals surface area contributed by atoms with Crippen LogP contribution >= 0.6 is 23.2 Å². The Bertz CT molecular complexity index is 1370. The smallest absolute Gasteiger partial charge is 0.259 e. The molecular weight excluding hydrogens is 530 g/mol. The van der Waals surface area contributed by atoms with Gasteiger partial charge in [0.1, 0.15) is 17.5 Å². The molecule has 198 valence electrons. The van der Waals surface area contributed by atoms with E-state index in [1.54, 1.807) is 37.2 Å². The molecule has 0 aliphatic carbocycles. The number of anilines is 3. The maximum Gasteiger partial charge on any atom is 0.259 e. The number of hydrogen-bond donors (Lipinski definition) is 3. The highest BCUT2D eigenvalue weighted by atomic mass is 35.5. The highest BCUT2D eigenvalue weighted by Crippen LogP contribution is 2.34. The Balaban J connectivity index is 1.62. The minimum atomic E-state index is -0.765. The van der Waals surface area contributed by atoms with E-state index in [-0.39, 0.29) is 33.5 Å². The molecule has 2 aromatic carbocycles. The quantitative estimate of drug-likeness (QED) is 0.259. The van der Waals surface area contributed by atoms with Crippen LogP contribution in [0.15, 0.2) is 48.7 Å². The number of hydrogen-bond acceptors (Lipinski definition) is 5. The number of amidine groups is 1. The van der Waals surface area contributed by atoms with E-state index in [0.29, 0.717) is 16.3 Å². The maximum atomic E-state index is 15.1. The van der Waals surface area contributed by atoms with Crippen molar-refractivity contribution in [1.29, 1.82) is 5.41 Å². The fourth-order valence-electron chi connectivity index (χ4n) is 4.22. The number of piperidine rings is 1. The molecule has 1 aliphatic heterocycles. The van der Waals surface area contributed by atoms with Crippen molar-refractivity contribution in [2.45, 2.75) is 19.3 Å². The highest BCUT2D eigenvalue weighted by Gasteiger charge is 2.23. The van der Waals surface area contributed by atoms with Gasteiger partial charge >= 0.3 is 0 Å². The lowest BCUT2D eigenvalue weighted by molar-refractivity contribution is 0.102. The molecule has 1 aliphatic rings. The molecule has 0 radical (unpaired) electrons. The number of nitrogens with one attached hydrogen (secondary N) is 3. The van der Waals surface area contributed by atoms with Crippen LogP contribution in [0.3, 0.4) is 0 Å². The standard InChI is InChI=1S/C27H27Cl2FN6O2/c1-35(2)22-14-18(29)13-20(27(38)33-23-9-7-17(28)15-32-23)24(22)34-26(37)19-8-6-16(12-21(19)30)25(31)36-10-4-3-5-11-36/h6-9,12-15,31H,3-5,10-11H2,1-2H3,(H,34,37)(H,32,33,38). The monoisotopic (exact) mass is 556 g/mol. The predicted octanol–water partition coefficient (Wildman–Crippen LogP) is 5.91. The highest BCUT2D eigenvalue weighted by molar-refractivity contribution is 6.32. The molecular formula is C27H27Cl2FN6O2. The van der Waals surface area contributed by atoms with Gasteiger partial charge in [-0.2, -0.15) is 0 Å². The van der Waals surface area contributed by atoms with Crippen molar-refractivity contribution in [2.75, 3.05) is 42.7 Å². The van der Waals surface area contributed by atoms with Crippen LogP contribution in [-0.4, -0.2) is 54.7 Å². The molecule has 0 saturated carbocycles. The lowest BCUT2D eigenvalue weighted by Gasteiger charge is -2.29. The summed E-state index contributed by atoms with van der Waals surface area (Å²) in [6.07, 6.45) is 4.49. The molecule has 2 amide bonds. The van der Waals surface area contributed by atoms with Crippen molar-refractivity contribution in [3.63, 3.8) is 0 Å². The van der Waals surface area contributed by atoms with E-state index in [2.05, 4.69) is 15.6 Å². The maximum absolute atomic E-state index is 15.1. The molecule has 1 fully saturated rings. The molecule has 38 heavy (non-hydrogen) atoms. The molecule has 0 spiro atoms. The van der Waals surface area contributed by atoms with Gasteiger partial charge in [-0.1, -0.05) is 29.3 Å². The second kappa shape index (κ2) is 11.8. The largest absolute Gasteiger partial charge is 0.376 e. The molecule has 1 saturated heterocycles. The topological polar surface area (TPSA) is 101 Å². The number of aromatic nitrogens is 1. The zero-order valence-electron chi connectivity index (χ0n) is 20.9. The van der Waals surface area contributed by atoms with Gasteiger partial charge in [0.25, 0.3) is 11.8 Å². The number of nitrogens with zero attached hydrogens (tertiary/aromatic N) is 3. The number of amides is 2. The number of likely N-dealkylation sites (tertiary alicyclic amines) is 1. The summed E-state index contributed by atoms with van der Waals surface area (Å²) in [5.41, 5.74) is 0.849. The zero-order valence-corrected chi connectivity index (χ0v) is 22.5. The summed E-state index contributed by atoms with van der Waals surface area (Å²) in [6.45, 7) is 1.51. The summed E-state index contributed by atoms with van der Waals surface area (Å²) in [6, 6.07) is 10.2. The van der Waals surface area contributed by atoms with Gasteiger partial charge in [-0.15, -0.1) is 0 Å². The van der Waals surface area contributed by atoms with Crippen molar-refractivity contribution in [3.8, 4) is 0 Å². The average molecular weight is 557 g/mol. The van der Waals surface area contributed by atoms with Crippen LogP contribution in [0.2, 0.25) is 10.0 Å². The first-order chi connectivity index (χ1) is 18.1. The van der Waals surface area contributed by atoms with Gasteiger partial charge in [0.2, 0.25) is 0 Å². The van der Waals surface area contributed by atoms with E-state index in [1.165, 1.54) is 30.5 Å². The van der Waals surface area contributed by atoms with Crippen LogP contribution in [0, 0.1) is 11.2 Å². The van der Waals surface area contributed by atoms with Crippen molar-refractivity contribution < 1.29 is 14.0 Å². The summed E-state index contributed by atoms with van der Waals surface area (Å²) >= 11 is 12.2. The number of benzene rings is 2. The Morgan fingerprint density at radius 3 is 2.29 bits per heavy atom. The Morgan fingerprint density at radius 1 is 0.947 bits per heavy atom. The summed E-state index contributed by atoms with van der Waals surface area (Å²) in [5, 5.41) is 14.5. The number of pyridine rings is 1. The lowest BCUT2D eigenvalue weighted by atomic mass is 10.1. The van der Waals surface area contributed by atoms with E-state index < -0.39 is 17.6 Å². The van der Waals surface area contributed by atoms with Crippen molar-refractivity contribution in [3.05, 3.63) is 81.2 Å². The van der Waals surface area contributed by atoms with Gasteiger partial charge in [0.05, 0.1) is 27.5 Å². The van der Waals surface area contributed by atoms with Gasteiger partial charge < -0.3 is 20.4 Å². The van der Waals surface area contributed by atoms with Gasteiger partial charge in [0, 0.05) is 44.0 Å². The fraction of sp³-hybridized carbons (Fsp3) is 0.259. The second-order valence-corrected chi connectivity index (χ2v) is 9.98. The van der Waals surface area contributed by atoms with E-state index >= 15 is 4.39 Å². The Kier molecular flexibility index (Phi) is 8.48. The van der Waals surface area contributed by atoms with Crippen LogP contribution < -0.4 is 15.5 Å². The van der Waals surface area contributed by atoms with Gasteiger partial charge in [0.15, 0.2) is 0 Å². The van der Waals surface area contributed by atoms with Gasteiger partial charge in [-0.25, -0.2) is 9.37 Å². The minimum absolute atomic E-state index is 0.0650. The third kappa shape index (κ3) is 6.23. The zero-order chi connectivity index (χ0) is 27.4. The number of halogens is 3. The molecule has 4 rings (SSSR count). The first-order valence-electron chi connectivity index (χ1n) is 12.0. The van der Waals surface area contributed by atoms with E-state index in [9.17, 15) is 9.59 Å². The van der Waals surface area contributed by atoms with Crippen LogP contribution in [0.5, 0.6) is 0 Å². The first kappa shape index (κ1) is 27.3. The summed E-state index contributed by atoms with van der Waals surface area (Å²) in [4.78, 5) is 34.1. The molecule has 3 aromatic rings. The Labute approximate surface area is 230 Å². The number of carbonyl (C=O) groups excluding carboxylic acids is 2. The summed E-state index contributed by atoms with van der Waals surface area (Å²) in [5.74, 6) is -1.61. The molecule has 0 unspecified atom stereocenters. The Morgan fingerprint density at radius 2 is 1.66 bits per heavy atom. The number of rotatable bonds is 6. The SMILES string of the molecule is CN(C)c1cc(Cl)cc(C(=O)Nc2ccc(Cl)cn2)c1NC(=O)c1ccc(C(=N)N2CCCCC2)cc1F. The summed E-state index contributed by atoms with van der Waals surface area (Å²) in [7, 11) is 3.46. The van der Waals surface area contributed by atoms with E-state index in [1.807, 2.05) is 4.90 Å². The average Bonchev–Trinajstić information content (AvgIpc) is 2.90. The van der Waals surface area contributed by atoms with Crippen molar-refractivity contribution in [2.24, 2.45) is 0 Å². The normalized spacial score (nSPS) is 13.1. The molecule has 2 heterocycles. The van der Waals surface area contributed by atoms with Crippen molar-refractivity contribution in [1.82, 2.24) is 9.88 Å². The third-order valence-corrected chi connectivity index (χ3v) is 6.62. The second-order valence-electron chi connectivity index (χ2n) is 9.10. The van der Waals surface area contributed by atoms with Crippen LogP contribution in [-0.2, 0) is 0 Å². The predicted molar refractivity (Wildman–Crippen MR) is 150 cm³/mol. The molecule has 3 N–H and O–H groups in total. The molecule has 0 bridgehead atoms. The van der Waals surface area contributed by atoms with Crippen LogP contribution in [0.4, 0.5) is 21.6 Å². The van der Waals surface area contributed by atoms with Crippen LogP contribution in [0.1, 0.15) is 45.5 Å². The van der Waals surface area contributed by atoms with E-state index in [4.69, 9.17) is 28.6 Å².